The average Bonchev–Trinajstić information content (AvgIpc) is 2.76. The van der Waals surface area contributed by atoms with Crippen molar-refractivity contribution in [3.8, 4) is 5.75 Å². The number of nitrogens with zero attached hydrogens (tertiary/aromatic N) is 1. The van der Waals surface area contributed by atoms with Crippen molar-refractivity contribution >= 4 is 21.6 Å². The molecule has 1 heterocycles. The molecule has 154 valence electrons. The molecule has 2 aromatic rings. The minimum Gasteiger partial charge on any atom is -0.476 e. The molecule has 0 unspecified atom stereocenters. The van der Waals surface area contributed by atoms with Crippen molar-refractivity contribution in [2.45, 2.75) is 50.0 Å². The SMILES string of the molecule is CCCNC(=O)[C@@H]1CN(S(=O)(=O)c2ccc3c(c2)CCCC3)c2ccccc2O1. The summed E-state index contributed by atoms with van der Waals surface area (Å²) in [4.78, 5) is 12.8. The fourth-order valence-corrected chi connectivity index (χ4v) is 5.45. The summed E-state index contributed by atoms with van der Waals surface area (Å²) in [7, 11) is -3.82. The zero-order valence-electron chi connectivity index (χ0n) is 16.6. The second-order valence-corrected chi connectivity index (χ2v) is 9.40. The van der Waals surface area contributed by atoms with E-state index in [1.165, 1.54) is 9.87 Å². The number of carbonyl (C=O) groups excluding carboxylic acids is 1. The molecule has 0 spiro atoms. The van der Waals surface area contributed by atoms with Gasteiger partial charge in [-0.25, -0.2) is 8.42 Å². The maximum Gasteiger partial charge on any atom is 0.264 e. The number of aryl methyl sites for hydroxylation is 2. The van der Waals surface area contributed by atoms with E-state index < -0.39 is 16.1 Å². The minimum atomic E-state index is -3.82. The molecule has 0 bridgehead atoms. The number of rotatable bonds is 5. The first kappa shape index (κ1) is 19.8. The van der Waals surface area contributed by atoms with E-state index in [0.29, 0.717) is 18.0 Å². The van der Waals surface area contributed by atoms with Crippen LogP contribution in [0, 0.1) is 0 Å². The Morgan fingerprint density at radius 1 is 1.14 bits per heavy atom. The van der Waals surface area contributed by atoms with Crippen molar-refractivity contribution in [2.75, 3.05) is 17.4 Å². The lowest BCUT2D eigenvalue weighted by Gasteiger charge is -2.35. The number of anilines is 1. The third kappa shape index (κ3) is 3.83. The molecule has 1 aliphatic carbocycles. The van der Waals surface area contributed by atoms with E-state index in [9.17, 15) is 13.2 Å². The van der Waals surface area contributed by atoms with Crippen molar-refractivity contribution in [1.82, 2.24) is 5.32 Å². The van der Waals surface area contributed by atoms with Crippen molar-refractivity contribution in [3.05, 3.63) is 53.6 Å². The maximum atomic E-state index is 13.6. The first-order chi connectivity index (χ1) is 14.0. The number of carbonyl (C=O) groups is 1. The van der Waals surface area contributed by atoms with Crippen LogP contribution in [0.4, 0.5) is 5.69 Å². The summed E-state index contributed by atoms with van der Waals surface area (Å²) in [5.41, 5.74) is 2.80. The summed E-state index contributed by atoms with van der Waals surface area (Å²) >= 11 is 0. The highest BCUT2D eigenvalue weighted by Gasteiger charge is 2.37. The highest BCUT2D eigenvalue weighted by molar-refractivity contribution is 7.92. The lowest BCUT2D eigenvalue weighted by Crippen LogP contribution is -2.50. The molecule has 6 nitrogen and oxygen atoms in total. The van der Waals surface area contributed by atoms with Crippen molar-refractivity contribution < 1.29 is 17.9 Å². The van der Waals surface area contributed by atoms with Crippen molar-refractivity contribution in [3.63, 3.8) is 0 Å². The highest BCUT2D eigenvalue weighted by atomic mass is 32.2. The third-order valence-electron chi connectivity index (χ3n) is 5.48. The van der Waals surface area contributed by atoms with Crippen LogP contribution in [0.15, 0.2) is 47.4 Å². The summed E-state index contributed by atoms with van der Waals surface area (Å²) in [6.45, 7) is 2.44. The van der Waals surface area contributed by atoms with Crippen LogP contribution in [0.25, 0.3) is 0 Å². The number of nitrogens with one attached hydrogen (secondary N) is 1. The van der Waals surface area contributed by atoms with Gasteiger partial charge in [0.1, 0.15) is 5.75 Å². The van der Waals surface area contributed by atoms with Gasteiger partial charge in [-0.3, -0.25) is 9.10 Å². The lowest BCUT2D eigenvalue weighted by molar-refractivity contribution is -0.127. The molecular weight excluding hydrogens is 388 g/mol. The Kier molecular flexibility index (Phi) is 5.50. The zero-order chi connectivity index (χ0) is 20.4. The molecule has 4 rings (SSSR count). The summed E-state index contributed by atoms with van der Waals surface area (Å²) in [6.07, 6.45) is 4.03. The Hall–Kier alpha value is -2.54. The Morgan fingerprint density at radius 3 is 2.69 bits per heavy atom. The zero-order valence-corrected chi connectivity index (χ0v) is 17.4. The van der Waals surface area contributed by atoms with Crippen LogP contribution >= 0.6 is 0 Å². The number of benzene rings is 2. The molecular formula is C22H26N2O4S. The number of para-hydroxylation sites is 2. The number of hydrogen-bond acceptors (Lipinski definition) is 4. The number of fused-ring (bicyclic) bond motifs is 2. The Bertz CT molecular complexity index is 1020. The molecule has 0 saturated heterocycles. The predicted molar refractivity (Wildman–Crippen MR) is 112 cm³/mol. The minimum absolute atomic E-state index is 0.0496. The molecule has 29 heavy (non-hydrogen) atoms. The molecule has 0 saturated carbocycles. The van der Waals surface area contributed by atoms with Crippen LogP contribution in [-0.4, -0.2) is 33.5 Å². The van der Waals surface area contributed by atoms with Crippen LogP contribution < -0.4 is 14.4 Å². The Morgan fingerprint density at radius 2 is 1.90 bits per heavy atom. The quantitative estimate of drug-likeness (QED) is 0.816. The van der Waals surface area contributed by atoms with Gasteiger partial charge in [0.15, 0.2) is 6.10 Å². The summed E-state index contributed by atoms with van der Waals surface area (Å²) in [5.74, 6) is 0.101. The van der Waals surface area contributed by atoms with E-state index in [1.807, 2.05) is 13.0 Å². The van der Waals surface area contributed by atoms with Crippen LogP contribution in [-0.2, 0) is 27.7 Å². The van der Waals surface area contributed by atoms with Gasteiger partial charge in [0.05, 0.1) is 17.1 Å². The fourth-order valence-electron chi connectivity index (χ4n) is 3.93. The molecule has 7 heteroatoms. The van der Waals surface area contributed by atoms with Crippen LogP contribution in [0.2, 0.25) is 0 Å². The number of amides is 1. The van der Waals surface area contributed by atoms with Crippen LogP contribution in [0.5, 0.6) is 5.75 Å². The first-order valence-corrected chi connectivity index (χ1v) is 11.6. The molecule has 0 radical (unpaired) electrons. The average molecular weight is 415 g/mol. The largest absolute Gasteiger partial charge is 0.476 e. The second-order valence-electron chi connectivity index (χ2n) is 7.54. The smallest absolute Gasteiger partial charge is 0.264 e. The lowest BCUT2D eigenvalue weighted by atomic mass is 9.92. The Labute approximate surface area is 171 Å². The third-order valence-corrected chi connectivity index (χ3v) is 7.26. The van der Waals surface area contributed by atoms with Crippen LogP contribution in [0.3, 0.4) is 0 Å². The van der Waals surface area contributed by atoms with E-state index in [0.717, 1.165) is 37.7 Å². The second kappa shape index (κ2) is 8.06. The van der Waals surface area contributed by atoms with Gasteiger partial charge in [0, 0.05) is 6.54 Å². The molecule has 1 amide bonds. The van der Waals surface area contributed by atoms with Gasteiger partial charge in [-0.2, -0.15) is 0 Å². The summed E-state index contributed by atoms with van der Waals surface area (Å²) < 4.78 is 34.2. The summed E-state index contributed by atoms with van der Waals surface area (Å²) in [5, 5.41) is 2.80. The standard InChI is InChI=1S/C22H26N2O4S/c1-2-13-23-22(25)21-15-24(19-9-5-6-10-20(19)28-21)29(26,27)18-12-11-16-7-3-4-8-17(16)14-18/h5-6,9-12,14,21H,2-4,7-8,13,15H2,1H3,(H,23,25)/t21-/m0/s1. The summed E-state index contributed by atoms with van der Waals surface area (Å²) in [6, 6.07) is 12.4. The van der Waals surface area contributed by atoms with E-state index in [-0.39, 0.29) is 17.3 Å². The van der Waals surface area contributed by atoms with E-state index in [1.54, 1.807) is 36.4 Å². The van der Waals surface area contributed by atoms with E-state index >= 15 is 0 Å². The predicted octanol–water partition coefficient (Wildman–Crippen LogP) is 3.05. The molecule has 0 fully saturated rings. The fraction of sp³-hybridized carbons (Fsp3) is 0.409. The molecule has 1 N–H and O–H groups in total. The number of hydrogen-bond donors (Lipinski definition) is 1. The van der Waals surface area contributed by atoms with Crippen molar-refractivity contribution in [1.29, 1.82) is 0 Å². The van der Waals surface area contributed by atoms with Gasteiger partial charge in [-0.15, -0.1) is 0 Å². The number of sulfonamides is 1. The van der Waals surface area contributed by atoms with Gasteiger partial charge >= 0.3 is 0 Å². The normalized spacial score (nSPS) is 18.4. The van der Waals surface area contributed by atoms with Gasteiger partial charge in [0.25, 0.3) is 15.9 Å². The van der Waals surface area contributed by atoms with Gasteiger partial charge in [-0.1, -0.05) is 25.1 Å². The molecule has 0 aromatic heterocycles. The van der Waals surface area contributed by atoms with Crippen molar-refractivity contribution in [2.24, 2.45) is 0 Å². The maximum absolute atomic E-state index is 13.6. The van der Waals surface area contributed by atoms with Crippen LogP contribution in [0.1, 0.15) is 37.3 Å². The van der Waals surface area contributed by atoms with Gasteiger partial charge in [-0.05, 0) is 67.5 Å². The Balaban J connectivity index is 1.70. The molecule has 1 atom stereocenters. The molecule has 2 aromatic carbocycles. The van der Waals surface area contributed by atoms with E-state index in [4.69, 9.17) is 4.74 Å². The first-order valence-electron chi connectivity index (χ1n) is 10.2. The van der Waals surface area contributed by atoms with E-state index in [2.05, 4.69) is 5.32 Å². The highest BCUT2D eigenvalue weighted by Crippen LogP contribution is 2.37. The monoisotopic (exact) mass is 414 g/mol. The topological polar surface area (TPSA) is 75.7 Å². The van der Waals surface area contributed by atoms with Gasteiger partial charge < -0.3 is 10.1 Å². The molecule has 2 aliphatic rings. The molecule has 1 aliphatic heterocycles. The van der Waals surface area contributed by atoms with Gasteiger partial charge in [0.2, 0.25) is 0 Å². The number of ether oxygens (including phenoxy) is 1.